The molecule has 0 bridgehead atoms. The van der Waals surface area contributed by atoms with Crippen LogP contribution < -0.4 is 5.73 Å². The van der Waals surface area contributed by atoms with E-state index in [-0.39, 0.29) is 23.5 Å². The fourth-order valence-electron chi connectivity index (χ4n) is 3.39. The molecule has 0 spiro atoms. The Bertz CT molecular complexity index is 1180. The number of nitrogens with zero attached hydrogens (tertiary/aromatic N) is 2. The van der Waals surface area contributed by atoms with E-state index in [1.165, 1.54) is 28.1 Å². The molecule has 0 aliphatic heterocycles. The zero-order valence-corrected chi connectivity index (χ0v) is 19.0. The van der Waals surface area contributed by atoms with Crippen molar-refractivity contribution in [2.45, 2.75) is 37.6 Å². The van der Waals surface area contributed by atoms with Crippen LogP contribution in [0.4, 0.5) is 0 Å². The highest BCUT2D eigenvalue weighted by molar-refractivity contribution is 7.89. The number of hydrogen-bond acceptors (Lipinski definition) is 5. The van der Waals surface area contributed by atoms with Gasteiger partial charge in [0, 0.05) is 25.5 Å². The Morgan fingerprint density at radius 1 is 1.06 bits per heavy atom. The van der Waals surface area contributed by atoms with Crippen molar-refractivity contribution in [2.24, 2.45) is 5.73 Å². The van der Waals surface area contributed by atoms with Crippen LogP contribution in [-0.2, 0) is 23.0 Å². The normalized spacial score (nSPS) is 11.8. The quantitative estimate of drug-likeness (QED) is 0.338. The van der Waals surface area contributed by atoms with Crippen LogP contribution in [0, 0.1) is 5.41 Å². The Hall–Kier alpha value is -3.23. The largest absolute Gasteiger partial charge is 0.506 e. The molecule has 4 N–H and O–H groups in total. The molecule has 0 radical (unpaired) electrons. The summed E-state index contributed by atoms with van der Waals surface area (Å²) >= 11 is 0. The molecule has 8 heteroatoms. The number of amidine groups is 1. The first-order valence-electron chi connectivity index (χ1n) is 10.3. The molecule has 0 saturated carbocycles. The molecule has 0 aliphatic carbocycles. The molecular formula is C24H28N4O3S. The first-order valence-corrected chi connectivity index (χ1v) is 11.8. The van der Waals surface area contributed by atoms with Gasteiger partial charge in [0.2, 0.25) is 10.0 Å². The second kappa shape index (κ2) is 9.93. The molecule has 3 aromatic rings. The Morgan fingerprint density at radius 2 is 1.72 bits per heavy atom. The van der Waals surface area contributed by atoms with Gasteiger partial charge in [0.1, 0.15) is 16.5 Å². The van der Waals surface area contributed by atoms with Gasteiger partial charge in [-0.05, 0) is 53.3 Å². The molecule has 32 heavy (non-hydrogen) atoms. The number of aromatic hydroxyl groups is 1. The van der Waals surface area contributed by atoms with Crippen molar-refractivity contribution in [3.05, 3.63) is 89.2 Å². The standard InChI is InChI=1S/C24H28N4O3S/c1-17(2)20-8-6-18(7-9-20)12-15-28(16-19-10-13-27-14-11-19)32(30,31)22-5-3-4-21(23(22)29)24(25)26/h3-11,13-14,17,29H,12,15-16H2,1-2H3,(H3,25,26). The number of hydrogen-bond donors (Lipinski definition) is 3. The summed E-state index contributed by atoms with van der Waals surface area (Å²) in [5, 5.41) is 18.1. The van der Waals surface area contributed by atoms with Gasteiger partial charge < -0.3 is 10.8 Å². The van der Waals surface area contributed by atoms with Crippen LogP contribution in [0.5, 0.6) is 5.75 Å². The smallest absolute Gasteiger partial charge is 0.247 e. The van der Waals surface area contributed by atoms with Crippen molar-refractivity contribution >= 4 is 15.9 Å². The van der Waals surface area contributed by atoms with E-state index in [4.69, 9.17) is 11.1 Å². The zero-order chi connectivity index (χ0) is 23.3. The lowest BCUT2D eigenvalue weighted by Crippen LogP contribution is -2.33. The zero-order valence-electron chi connectivity index (χ0n) is 18.2. The number of sulfonamides is 1. The van der Waals surface area contributed by atoms with Crippen molar-refractivity contribution in [2.75, 3.05) is 6.54 Å². The molecule has 1 heterocycles. The molecule has 0 amide bonds. The summed E-state index contributed by atoms with van der Waals surface area (Å²) in [6.07, 6.45) is 3.73. The van der Waals surface area contributed by atoms with Crippen molar-refractivity contribution in [3.8, 4) is 5.75 Å². The number of para-hydroxylation sites is 1. The van der Waals surface area contributed by atoms with Crippen molar-refractivity contribution < 1.29 is 13.5 Å². The number of phenolic OH excluding ortho intramolecular Hbond substituents is 1. The van der Waals surface area contributed by atoms with E-state index in [9.17, 15) is 13.5 Å². The number of nitrogens with one attached hydrogen (secondary N) is 1. The molecule has 0 unspecified atom stereocenters. The maximum absolute atomic E-state index is 13.5. The minimum absolute atomic E-state index is 0.0146. The predicted octanol–water partition coefficient (Wildman–Crippen LogP) is 3.63. The minimum atomic E-state index is -4.07. The van der Waals surface area contributed by atoms with Gasteiger partial charge in [0.25, 0.3) is 0 Å². The van der Waals surface area contributed by atoms with E-state index in [0.717, 1.165) is 11.1 Å². The topological polar surface area (TPSA) is 120 Å². The Morgan fingerprint density at radius 3 is 2.31 bits per heavy atom. The van der Waals surface area contributed by atoms with Crippen LogP contribution in [0.15, 0.2) is 71.9 Å². The number of nitrogen functional groups attached to an aromatic ring is 1. The highest BCUT2D eigenvalue weighted by atomic mass is 32.2. The second-order valence-electron chi connectivity index (χ2n) is 7.91. The van der Waals surface area contributed by atoms with Crippen molar-refractivity contribution in [3.63, 3.8) is 0 Å². The van der Waals surface area contributed by atoms with Gasteiger partial charge in [-0.25, -0.2) is 8.42 Å². The van der Waals surface area contributed by atoms with E-state index in [1.54, 1.807) is 24.5 Å². The molecule has 0 fully saturated rings. The third kappa shape index (κ3) is 5.33. The molecule has 2 aromatic carbocycles. The van der Waals surface area contributed by atoms with Gasteiger partial charge in [-0.1, -0.05) is 44.2 Å². The minimum Gasteiger partial charge on any atom is -0.506 e. The number of pyridine rings is 1. The molecular weight excluding hydrogens is 424 g/mol. The van der Waals surface area contributed by atoms with E-state index in [2.05, 4.69) is 31.0 Å². The number of benzene rings is 2. The third-order valence-electron chi connectivity index (χ3n) is 5.31. The predicted molar refractivity (Wildman–Crippen MR) is 125 cm³/mol. The lowest BCUT2D eigenvalue weighted by Gasteiger charge is -2.23. The SMILES string of the molecule is CC(C)c1ccc(CCN(Cc2ccncc2)S(=O)(=O)c2cccc(C(=N)N)c2O)cc1. The number of phenols is 1. The molecule has 168 valence electrons. The average Bonchev–Trinajstić information content (AvgIpc) is 2.77. The monoisotopic (exact) mass is 452 g/mol. The fraction of sp³-hybridized carbons (Fsp3) is 0.250. The van der Waals surface area contributed by atoms with Crippen LogP contribution >= 0.6 is 0 Å². The Balaban J connectivity index is 1.93. The molecule has 0 saturated heterocycles. The van der Waals surface area contributed by atoms with Gasteiger partial charge in [0.05, 0.1) is 5.56 Å². The molecule has 0 atom stereocenters. The first kappa shape index (κ1) is 23.4. The summed E-state index contributed by atoms with van der Waals surface area (Å²) in [7, 11) is -4.07. The molecule has 0 aliphatic rings. The van der Waals surface area contributed by atoms with Crippen LogP contribution in [0.2, 0.25) is 0 Å². The van der Waals surface area contributed by atoms with Gasteiger partial charge in [-0.3, -0.25) is 10.4 Å². The lowest BCUT2D eigenvalue weighted by molar-refractivity contribution is 0.401. The van der Waals surface area contributed by atoms with E-state index in [1.807, 2.05) is 12.1 Å². The highest BCUT2D eigenvalue weighted by Gasteiger charge is 2.29. The summed E-state index contributed by atoms with van der Waals surface area (Å²) in [4.78, 5) is 3.72. The third-order valence-corrected chi connectivity index (χ3v) is 7.19. The lowest BCUT2D eigenvalue weighted by atomic mass is 10.0. The maximum atomic E-state index is 13.5. The first-order chi connectivity index (χ1) is 15.2. The summed E-state index contributed by atoms with van der Waals surface area (Å²) in [6, 6.07) is 15.9. The van der Waals surface area contributed by atoms with Crippen molar-refractivity contribution in [1.29, 1.82) is 5.41 Å². The Kier molecular flexibility index (Phi) is 7.27. The van der Waals surface area contributed by atoms with E-state index >= 15 is 0 Å². The number of nitrogens with two attached hydrogens (primary N) is 1. The van der Waals surface area contributed by atoms with E-state index < -0.39 is 21.6 Å². The summed E-state index contributed by atoms with van der Waals surface area (Å²) in [5.41, 5.74) is 8.51. The van der Waals surface area contributed by atoms with E-state index in [0.29, 0.717) is 12.3 Å². The van der Waals surface area contributed by atoms with Gasteiger partial charge in [-0.2, -0.15) is 4.31 Å². The van der Waals surface area contributed by atoms with Gasteiger partial charge >= 0.3 is 0 Å². The highest BCUT2D eigenvalue weighted by Crippen LogP contribution is 2.30. The van der Waals surface area contributed by atoms with Crippen molar-refractivity contribution in [1.82, 2.24) is 9.29 Å². The summed E-state index contributed by atoms with van der Waals surface area (Å²) in [6.45, 7) is 4.59. The average molecular weight is 453 g/mol. The maximum Gasteiger partial charge on any atom is 0.247 e. The summed E-state index contributed by atoms with van der Waals surface area (Å²) < 4.78 is 28.4. The van der Waals surface area contributed by atoms with Gasteiger partial charge in [0.15, 0.2) is 0 Å². The fourth-order valence-corrected chi connectivity index (χ4v) is 4.92. The van der Waals surface area contributed by atoms with Crippen LogP contribution in [0.1, 0.15) is 42.0 Å². The Labute approximate surface area is 189 Å². The van der Waals surface area contributed by atoms with Crippen LogP contribution in [-0.4, -0.2) is 35.2 Å². The number of rotatable bonds is 9. The summed E-state index contributed by atoms with van der Waals surface area (Å²) in [5.74, 6) is -0.490. The number of aromatic nitrogens is 1. The molecule has 7 nitrogen and oxygen atoms in total. The van der Waals surface area contributed by atoms with Crippen LogP contribution in [0.25, 0.3) is 0 Å². The molecule has 1 aromatic heterocycles. The second-order valence-corrected chi connectivity index (χ2v) is 9.81. The van der Waals surface area contributed by atoms with Crippen LogP contribution in [0.3, 0.4) is 0 Å². The van der Waals surface area contributed by atoms with Gasteiger partial charge in [-0.15, -0.1) is 0 Å². The molecule has 3 rings (SSSR count).